The molecule has 1 amide bonds. The van der Waals surface area contributed by atoms with Crippen LogP contribution in [0, 0.1) is 91.7 Å². The van der Waals surface area contributed by atoms with Crippen molar-refractivity contribution in [1.82, 2.24) is 20.9 Å². The minimum atomic E-state index is -0.0302. The number of carbonyl (C=O) groups excluding carboxylic acids is 4. The maximum absolute atomic E-state index is 12.6. The van der Waals surface area contributed by atoms with Crippen molar-refractivity contribution in [3.8, 4) is 0 Å². The van der Waals surface area contributed by atoms with E-state index in [0.717, 1.165) is 139 Å². The van der Waals surface area contributed by atoms with Crippen LogP contribution in [0.15, 0.2) is 65.3 Å². The van der Waals surface area contributed by atoms with Crippen molar-refractivity contribution in [3.63, 3.8) is 0 Å². The standard InChI is InChI=1S/C26H35NO.C25H38N2O2.C23H37NO/c1-25-14-12-20(27-17-18-6-4-3-5-7-18)16-19(25)8-9-21-22-10-11-24(28)26(22,2)15-13-23(21)25;1-24-11-9-18(26-16-23(29)27-13-3-4-14-27)15-17(24)5-6-19-20-7-8-22(28)25(20,2)12-10-21(19)24;1-15(2)14-24-17-9-11-22(3)16(13-17)5-6-18-19-7-8-21(25)23(19,4)12-10-20(18)22/h3-8,20-23,27H,9-17H2,1-2H3;5,18-21,26H,3-4,6-16H2,1-2H3;5,15,17-20,24H,6-14H2,1-4H3. The molecule has 0 radical (unpaired) electrons. The quantitative estimate of drug-likeness (QED) is 0.211. The molecule has 0 aromatic heterocycles. The number of rotatable bonds is 9. The largest absolute Gasteiger partial charge is 0.342 e. The van der Waals surface area contributed by atoms with Crippen LogP contribution in [-0.4, -0.2) is 72.5 Å². The normalized spacial score (nSPS) is 44.2. The average molecular weight is 1120 g/mol. The molecule has 450 valence electrons. The Morgan fingerprint density at radius 3 is 1.26 bits per heavy atom. The summed E-state index contributed by atoms with van der Waals surface area (Å²) in [5.41, 5.74) is 7.57. The van der Waals surface area contributed by atoms with Crippen LogP contribution in [0.25, 0.3) is 0 Å². The molecule has 1 aromatic rings. The van der Waals surface area contributed by atoms with E-state index in [9.17, 15) is 19.2 Å². The van der Waals surface area contributed by atoms with Crippen LogP contribution in [0.1, 0.15) is 228 Å². The van der Waals surface area contributed by atoms with Gasteiger partial charge in [-0.1, -0.05) is 121 Å². The number of nitrogens with zero attached hydrogens (tertiary/aromatic N) is 1. The average Bonchev–Trinajstić information content (AvgIpc) is 1.98. The minimum absolute atomic E-state index is 0.00267. The molecule has 82 heavy (non-hydrogen) atoms. The van der Waals surface area contributed by atoms with Gasteiger partial charge in [-0.3, -0.25) is 19.2 Å². The van der Waals surface area contributed by atoms with Gasteiger partial charge in [0.2, 0.25) is 5.91 Å². The molecule has 12 aliphatic carbocycles. The Balaban J connectivity index is 0.000000122. The molecule has 0 spiro atoms. The molecule has 1 aromatic carbocycles. The number of Topliss-reactive ketones (excluding diaryl/α,β-unsaturated/α-hetero) is 3. The molecule has 0 bridgehead atoms. The molecule has 10 fully saturated rings. The summed E-state index contributed by atoms with van der Waals surface area (Å²) in [4.78, 5) is 52.1. The third-order valence-corrected chi connectivity index (χ3v) is 27.7. The summed E-state index contributed by atoms with van der Waals surface area (Å²) in [6.07, 6.45) is 38.0. The zero-order valence-electron chi connectivity index (χ0n) is 52.6. The van der Waals surface area contributed by atoms with Gasteiger partial charge in [-0.15, -0.1) is 0 Å². The second-order valence-electron chi connectivity index (χ2n) is 32.0. The summed E-state index contributed by atoms with van der Waals surface area (Å²) in [5.74, 6) is 9.16. The number of benzene rings is 1. The second kappa shape index (κ2) is 23.1. The van der Waals surface area contributed by atoms with Gasteiger partial charge < -0.3 is 20.9 Å². The van der Waals surface area contributed by atoms with E-state index in [0.29, 0.717) is 81.9 Å². The molecule has 8 heteroatoms. The van der Waals surface area contributed by atoms with Crippen molar-refractivity contribution in [3.05, 3.63) is 70.8 Å². The molecule has 13 aliphatic rings. The van der Waals surface area contributed by atoms with Crippen LogP contribution < -0.4 is 16.0 Å². The van der Waals surface area contributed by atoms with E-state index < -0.39 is 0 Å². The molecule has 14 rings (SSSR count). The summed E-state index contributed by atoms with van der Waals surface area (Å²) in [6.45, 7) is 23.6. The number of allylic oxidation sites excluding steroid dienone is 3. The molecule has 1 saturated heterocycles. The maximum atomic E-state index is 12.6. The van der Waals surface area contributed by atoms with Crippen molar-refractivity contribution in [2.75, 3.05) is 26.2 Å². The topological polar surface area (TPSA) is 108 Å². The van der Waals surface area contributed by atoms with Crippen molar-refractivity contribution < 1.29 is 19.2 Å². The number of ketones is 3. The van der Waals surface area contributed by atoms with E-state index in [4.69, 9.17) is 0 Å². The van der Waals surface area contributed by atoms with Gasteiger partial charge in [0, 0.05) is 73.3 Å². The number of amides is 1. The SMILES string of the molecule is CC(C)CNC1CCC2(C)C(=CCC3C4CCC(=O)C4(C)CCC32)C1.CC12CCC3C(CC=C4CC(NCC(=O)N5CCCC5)CCC43C)C1CCC2=O.CC12CCC3C(CC=C4CC(NCc5ccccc5)CCC43C)C1CCC2=O. The van der Waals surface area contributed by atoms with E-state index in [1.807, 2.05) is 4.90 Å². The fourth-order valence-electron chi connectivity index (χ4n) is 22.4. The van der Waals surface area contributed by atoms with E-state index in [1.54, 1.807) is 16.7 Å². The summed E-state index contributed by atoms with van der Waals surface area (Å²) in [5, 5.41) is 11.2. The summed E-state index contributed by atoms with van der Waals surface area (Å²) in [6, 6.07) is 12.5. The van der Waals surface area contributed by atoms with Crippen molar-refractivity contribution in [2.45, 2.75) is 247 Å². The Hall–Kier alpha value is -3.20. The molecule has 9 saturated carbocycles. The second-order valence-corrected chi connectivity index (χ2v) is 32.0. The van der Waals surface area contributed by atoms with Crippen LogP contribution in [-0.2, 0) is 25.7 Å². The lowest BCUT2D eigenvalue weighted by Gasteiger charge is -2.57. The first-order valence-electron chi connectivity index (χ1n) is 34.5. The molecule has 1 heterocycles. The van der Waals surface area contributed by atoms with Crippen LogP contribution in [0.2, 0.25) is 0 Å². The molecular formula is C74H110N4O4. The van der Waals surface area contributed by atoms with Gasteiger partial charge in [0.05, 0.1) is 6.54 Å². The number of hydrogen-bond acceptors (Lipinski definition) is 7. The predicted molar refractivity (Wildman–Crippen MR) is 331 cm³/mol. The first kappa shape index (κ1) is 59.1. The van der Waals surface area contributed by atoms with Gasteiger partial charge in [0.15, 0.2) is 0 Å². The van der Waals surface area contributed by atoms with Gasteiger partial charge >= 0.3 is 0 Å². The zero-order chi connectivity index (χ0) is 57.4. The highest BCUT2D eigenvalue weighted by Gasteiger charge is 2.62. The Kier molecular flexibility index (Phi) is 16.7. The fourth-order valence-corrected chi connectivity index (χ4v) is 22.4. The molecule has 1 aliphatic heterocycles. The van der Waals surface area contributed by atoms with E-state index in [2.05, 4.69) is 120 Å². The van der Waals surface area contributed by atoms with E-state index in [-0.39, 0.29) is 22.2 Å². The number of carbonyl (C=O) groups is 4. The van der Waals surface area contributed by atoms with Gasteiger partial charge in [0.25, 0.3) is 0 Å². The van der Waals surface area contributed by atoms with Crippen molar-refractivity contribution in [1.29, 1.82) is 0 Å². The molecule has 18 unspecified atom stereocenters. The zero-order valence-corrected chi connectivity index (χ0v) is 52.6. The molecule has 18 atom stereocenters. The Labute approximate surface area is 496 Å². The van der Waals surface area contributed by atoms with Gasteiger partial charge in [-0.25, -0.2) is 0 Å². The Morgan fingerprint density at radius 1 is 0.488 bits per heavy atom. The summed E-state index contributed by atoms with van der Waals surface area (Å²) < 4.78 is 0. The lowest BCUT2D eigenvalue weighted by atomic mass is 9.48. The highest BCUT2D eigenvalue weighted by Crippen LogP contribution is 2.67. The lowest BCUT2D eigenvalue weighted by Crippen LogP contribution is -2.52. The van der Waals surface area contributed by atoms with Crippen LogP contribution in [0.4, 0.5) is 0 Å². The van der Waals surface area contributed by atoms with Crippen molar-refractivity contribution in [2.24, 2.45) is 91.7 Å². The van der Waals surface area contributed by atoms with Gasteiger partial charge in [0.1, 0.15) is 17.3 Å². The highest BCUT2D eigenvalue weighted by molar-refractivity contribution is 5.88. The number of nitrogens with one attached hydrogen (secondary N) is 3. The first-order valence-corrected chi connectivity index (χ1v) is 34.5. The first-order chi connectivity index (χ1) is 39.3. The number of likely N-dealkylation sites (tertiary alicyclic amines) is 1. The van der Waals surface area contributed by atoms with Crippen LogP contribution in [0.5, 0.6) is 0 Å². The van der Waals surface area contributed by atoms with E-state index in [1.165, 1.54) is 95.5 Å². The Morgan fingerprint density at radius 2 is 0.854 bits per heavy atom. The third-order valence-electron chi connectivity index (χ3n) is 27.7. The monoisotopic (exact) mass is 1120 g/mol. The smallest absolute Gasteiger partial charge is 0.236 e. The Bertz CT molecular complexity index is 2650. The van der Waals surface area contributed by atoms with E-state index >= 15 is 0 Å². The number of fused-ring (bicyclic) bond motifs is 15. The van der Waals surface area contributed by atoms with Crippen LogP contribution in [0.3, 0.4) is 0 Å². The predicted octanol–water partition coefficient (Wildman–Crippen LogP) is 14.9. The minimum Gasteiger partial charge on any atom is -0.342 e. The highest BCUT2D eigenvalue weighted by atomic mass is 16.2. The van der Waals surface area contributed by atoms with Crippen LogP contribution >= 0.6 is 0 Å². The molecular weight excluding hydrogens is 1010 g/mol. The number of hydrogen-bond donors (Lipinski definition) is 3. The molecule has 8 nitrogen and oxygen atoms in total. The van der Waals surface area contributed by atoms with Gasteiger partial charge in [-0.05, 0) is 235 Å². The summed E-state index contributed by atoms with van der Waals surface area (Å²) in [7, 11) is 0. The summed E-state index contributed by atoms with van der Waals surface area (Å²) >= 11 is 0. The lowest BCUT2D eigenvalue weighted by molar-refractivity contribution is -0.132. The maximum Gasteiger partial charge on any atom is 0.236 e. The van der Waals surface area contributed by atoms with Crippen molar-refractivity contribution >= 4 is 23.3 Å². The fraction of sp³-hybridized carbons (Fsp3) is 0.784. The molecule has 3 N–H and O–H groups in total. The van der Waals surface area contributed by atoms with Gasteiger partial charge in [-0.2, -0.15) is 0 Å². The third kappa shape index (κ3) is 10.5.